The minimum absolute atomic E-state index is 0.259. The Morgan fingerprint density at radius 3 is 2.29 bits per heavy atom. The Kier molecular flexibility index (Phi) is 7.46. The van der Waals surface area contributed by atoms with E-state index in [0.29, 0.717) is 39.4 Å². The molecular weight excluding hydrogens is 452 g/mol. The summed E-state index contributed by atoms with van der Waals surface area (Å²) in [5.41, 5.74) is 7.06. The molecule has 2 N–H and O–H groups in total. The van der Waals surface area contributed by atoms with Gasteiger partial charge in [0.1, 0.15) is 28.0 Å². The van der Waals surface area contributed by atoms with Crippen molar-refractivity contribution in [2.45, 2.75) is 13.5 Å². The molecule has 34 heavy (non-hydrogen) atoms. The predicted molar refractivity (Wildman–Crippen MR) is 128 cm³/mol. The molecule has 0 unspecified atom stereocenters. The topological polar surface area (TPSA) is 102 Å². The molecule has 8 nitrogen and oxygen atoms in total. The Morgan fingerprint density at radius 2 is 1.59 bits per heavy atom. The molecule has 2 aromatic carbocycles. The molecule has 0 atom stereocenters. The van der Waals surface area contributed by atoms with Crippen LogP contribution in [0.15, 0.2) is 79.0 Å². The lowest BCUT2D eigenvalue weighted by atomic mass is 10.2. The quantitative estimate of drug-likeness (QED) is 0.375. The number of carbonyl (C=O) groups excluding carboxylic acids is 2. The number of aromatic nitrogens is 2. The van der Waals surface area contributed by atoms with E-state index in [9.17, 15) is 9.59 Å². The third-order valence-corrected chi connectivity index (χ3v) is 5.82. The number of hydrazine groups is 1. The number of aryl methyl sites for hydroxylation is 1. The third kappa shape index (κ3) is 6.17. The molecule has 0 radical (unpaired) electrons. The van der Waals surface area contributed by atoms with Crippen molar-refractivity contribution in [3.63, 3.8) is 0 Å². The van der Waals surface area contributed by atoms with Crippen molar-refractivity contribution in [3.05, 3.63) is 95.1 Å². The number of benzene rings is 2. The average molecular weight is 475 g/mol. The van der Waals surface area contributed by atoms with E-state index in [2.05, 4.69) is 20.8 Å². The van der Waals surface area contributed by atoms with Gasteiger partial charge in [-0.15, -0.1) is 11.3 Å². The van der Waals surface area contributed by atoms with Crippen LogP contribution in [0, 0.1) is 6.92 Å². The molecule has 0 saturated heterocycles. The smallest absolute Gasteiger partial charge is 0.281 e. The van der Waals surface area contributed by atoms with Crippen LogP contribution in [0.4, 0.5) is 0 Å². The molecular formula is C25H22N4O4S. The number of hydrogen-bond donors (Lipinski definition) is 2. The molecule has 0 saturated carbocycles. The Morgan fingerprint density at radius 1 is 0.882 bits per heavy atom. The van der Waals surface area contributed by atoms with E-state index in [-0.39, 0.29) is 6.61 Å². The molecule has 2 amide bonds. The predicted octanol–water partition coefficient (Wildman–Crippen LogP) is 3.93. The maximum atomic E-state index is 12.5. The number of pyridine rings is 1. The zero-order chi connectivity index (χ0) is 23.8. The Bertz CT molecular complexity index is 1250. The maximum Gasteiger partial charge on any atom is 0.281 e. The number of thiazole rings is 1. The number of ether oxygens (including phenoxy) is 2. The molecule has 4 rings (SSSR count). The first kappa shape index (κ1) is 22.9. The lowest BCUT2D eigenvalue weighted by molar-refractivity contribution is -0.123. The van der Waals surface area contributed by atoms with Crippen molar-refractivity contribution in [1.29, 1.82) is 0 Å². The third-order valence-electron chi connectivity index (χ3n) is 4.64. The minimum Gasteiger partial charge on any atom is -0.489 e. The fraction of sp³-hybridized carbons (Fsp3) is 0.120. The minimum atomic E-state index is -0.495. The van der Waals surface area contributed by atoms with E-state index < -0.39 is 11.8 Å². The van der Waals surface area contributed by atoms with Crippen LogP contribution in [0.2, 0.25) is 0 Å². The summed E-state index contributed by atoms with van der Waals surface area (Å²) < 4.78 is 11.2. The highest BCUT2D eigenvalue weighted by Crippen LogP contribution is 2.26. The average Bonchev–Trinajstić information content (AvgIpc) is 3.28. The van der Waals surface area contributed by atoms with Crippen LogP contribution < -0.4 is 20.3 Å². The van der Waals surface area contributed by atoms with Crippen LogP contribution >= 0.6 is 11.3 Å². The normalized spacial score (nSPS) is 10.4. The summed E-state index contributed by atoms with van der Waals surface area (Å²) in [6.45, 7) is 1.94. The van der Waals surface area contributed by atoms with Crippen LogP contribution in [0.5, 0.6) is 11.5 Å². The van der Waals surface area contributed by atoms with Gasteiger partial charge in [0.15, 0.2) is 6.61 Å². The summed E-state index contributed by atoms with van der Waals surface area (Å²) in [4.78, 5) is 33.6. The molecule has 0 fully saturated rings. The zero-order valence-electron chi connectivity index (χ0n) is 18.4. The molecule has 2 aromatic heterocycles. The van der Waals surface area contributed by atoms with Gasteiger partial charge in [-0.05, 0) is 48.9 Å². The molecule has 0 aliphatic rings. The molecule has 4 aromatic rings. The lowest BCUT2D eigenvalue weighted by Crippen LogP contribution is -2.43. The largest absolute Gasteiger partial charge is 0.489 e. The Hall–Kier alpha value is -4.24. The first-order valence-electron chi connectivity index (χ1n) is 10.5. The van der Waals surface area contributed by atoms with Gasteiger partial charge >= 0.3 is 0 Å². The SMILES string of the molecule is Cc1nc(-c2ccccn2)sc1C(=O)NNC(=O)COc1ccc(OCc2ccccc2)cc1. The molecule has 0 aliphatic carbocycles. The number of rotatable bonds is 8. The van der Waals surface area contributed by atoms with E-state index in [4.69, 9.17) is 9.47 Å². The van der Waals surface area contributed by atoms with Crippen LogP contribution in [-0.2, 0) is 11.4 Å². The summed E-state index contributed by atoms with van der Waals surface area (Å²) in [5, 5.41) is 0.633. The zero-order valence-corrected chi connectivity index (χ0v) is 19.2. The second kappa shape index (κ2) is 11.1. The number of nitrogens with zero attached hydrogens (tertiary/aromatic N) is 2. The number of amides is 2. The van der Waals surface area contributed by atoms with Gasteiger partial charge in [-0.2, -0.15) is 0 Å². The Balaban J connectivity index is 1.22. The summed E-state index contributed by atoms with van der Waals surface area (Å²) in [6.07, 6.45) is 1.66. The van der Waals surface area contributed by atoms with Crippen LogP contribution in [0.25, 0.3) is 10.7 Å². The number of hydrogen-bond acceptors (Lipinski definition) is 7. The maximum absolute atomic E-state index is 12.5. The summed E-state index contributed by atoms with van der Waals surface area (Å²) >= 11 is 1.21. The highest BCUT2D eigenvalue weighted by molar-refractivity contribution is 7.17. The van der Waals surface area contributed by atoms with E-state index in [1.54, 1.807) is 37.4 Å². The molecule has 172 valence electrons. The monoisotopic (exact) mass is 474 g/mol. The van der Waals surface area contributed by atoms with Crippen molar-refractivity contribution in [1.82, 2.24) is 20.8 Å². The first-order chi connectivity index (χ1) is 16.6. The fourth-order valence-corrected chi connectivity index (χ4v) is 3.89. The van der Waals surface area contributed by atoms with Gasteiger partial charge in [-0.3, -0.25) is 25.4 Å². The van der Waals surface area contributed by atoms with Crippen LogP contribution in [0.3, 0.4) is 0 Å². The van der Waals surface area contributed by atoms with Crippen LogP contribution in [0.1, 0.15) is 20.9 Å². The number of nitrogens with one attached hydrogen (secondary N) is 2. The highest BCUT2D eigenvalue weighted by Gasteiger charge is 2.17. The van der Waals surface area contributed by atoms with E-state index in [0.717, 1.165) is 5.56 Å². The van der Waals surface area contributed by atoms with E-state index in [1.807, 2.05) is 48.5 Å². The molecule has 0 aliphatic heterocycles. The molecule has 0 bridgehead atoms. The number of carbonyl (C=O) groups is 2. The molecule has 2 heterocycles. The standard InChI is InChI=1S/C25H22N4O4S/c1-17-23(34-25(27-17)21-9-5-6-14-26-21)24(31)29-28-22(30)16-33-20-12-10-19(11-13-20)32-15-18-7-3-2-4-8-18/h2-14H,15-16H2,1H3,(H,28,30)(H,29,31). The van der Waals surface area contributed by atoms with Gasteiger partial charge in [0, 0.05) is 6.20 Å². The van der Waals surface area contributed by atoms with Gasteiger partial charge in [0.25, 0.3) is 11.8 Å². The van der Waals surface area contributed by atoms with Gasteiger partial charge in [-0.25, -0.2) is 4.98 Å². The Labute approximate surface area is 200 Å². The lowest BCUT2D eigenvalue weighted by Gasteiger charge is -2.10. The van der Waals surface area contributed by atoms with Crippen molar-refractivity contribution < 1.29 is 19.1 Å². The summed E-state index contributed by atoms with van der Waals surface area (Å²) in [5.74, 6) is 0.250. The van der Waals surface area contributed by atoms with Gasteiger partial charge < -0.3 is 9.47 Å². The summed E-state index contributed by atoms with van der Waals surface area (Å²) in [6, 6.07) is 22.3. The van der Waals surface area contributed by atoms with Crippen LogP contribution in [-0.4, -0.2) is 28.4 Å². The first-order valence-corrected chi connectivity index (χ1v) is 11.3. The van der Waals surface area contributed by atoms with Crippen molar-refractivity contribution in [3.8, 4) is 22.2 Å². The van der Waals surface area contributed by atoms with Crippen molar-refractivity contribution >= 4 is 23.2 Å². The van der Waals surface area contributed by atoms with Gasteiger partial charge in [0.05, 0.1) is 11.4 Å². The van der Waals surface area contributed by atoms with Gasteiger partial charge in [-0.1, -0.05) is 36.4 Å². The second-order valence-corrected chi connectivity index (χ2v) is 8.18. The van der Waals surface area contributed by atoms with Crippen molar-refractivity contribution in [2.75, 3.05) is 6.61 Å². The van der Waals surface area contributed by atoms with Crippen molar-refractivity contribution in [2.24, 2.45) is 0 Å². The van der Waals surface area contributed by atoms with Gasteiger partial charge in [0.2, 0.25) is 0 Å². The molecule has 0 spiro atoms. The second-order valence-electron chi connectivity index (χ2n) is 7.19. The highest BCUT2D eigenvalue weighted by atomic mass is 32.1. The summed E-state index contributed by atoms with van der Waals surface area (Å²) in [7, 11) is 0. The van der Waals surface area contributed by atoms with E-state index in [1.165, 1.54) is 11.3 Å². The molecule has 9 heteroatoms. The van der Waals surface area contributed by atoms with E-state index >= 15 is 0 Å². The fourth-order valence-electron chi connectivity index (χ4n) is 2.95.